The molecule has 1 amide bonds. The van der Waals surface area contributed by atoms with Gasteiger partial charge in [-0.15, -0.1) is 11.8 Å². The van der Waals surface area contributed by atoms with E-state index in [1.165, 1.54) is 23.1 Å². The van der Waals surface area contributed by atoms with Crippen LogP contribution in [0.3, 0.4) is 0 Å². The largest absolute Gasteiger partial charge is 0.465 e. The van der Waals surface area contributed by atoms with Gasteiger partial charge in [0.25, 0.3) is 5.91 Å². The first kappa shape index (κ1) is 20.8. The van der Waals surface area contributed by atoms with Gasteiger partial charge in [-0.05, 0) is 49.7 Å². The van der Waals surface area contributed by atoms with Crippen LogP contribution in [0.5, 0.6) is 0 Å². The monoisotopic (exact) mass is 425 g/mol. The summed E-state index contributed by atoms with van der Waals surface area (Å²) in [5.41, 5.74) is 2.96. The number of thiazole rings is 1. The van der Waals surface area contributed by atoms with Crippen molar-refractivity contribution >= 4 is 45.2 Å². The van der Waals surface area contributed by atoms with E-state index in [1.54, 1.807) is 31.2 Å². The smallest absolute Gasteiger partial charge is 0.316 e. The highest BCUT2D eigenvalue weighted by molar-refractivity contribution is 8.00. The average Bonchev–Trinajstić information content (AvgIpc) is 3.05. The molecule has 3 rings (SSSR count). The van der Waals surface area contributed by atoms with Gasteiger partial charge < -0.3 is 9.30 Å². The zero-order chi connectivity index (χ0) is 21.0. The lowest BCUT2D eigenvalue weighted by molar-refractivity contribution is -0.139. The summed E-state index contributed by atoms with van der Waals surface area (Å²) in [5.74, 6) is -0.396. The molecule has 0 aliphatic rings. The van der Waals surface area contributed by atoms with Crippen molar-refractivity contribution < 1.29 is 14.3 Å². The van der Waals surface area contributed by atoms with E-state index < -0.39 is 0 Å². The number of carbonyl (C=O) groups excluding carboxylic acids is 2. The first-order chi connectivity index (χ1) is 13.9. The van der Waals surface area contributed by atoms with Crippen LogP contribution in [0.25, 0.3) is 10.2 Å². The molecular weight excluding hydrogens is 406 g/mol. The maximum absolute atomic E-state index is 12.6. The Bertz CT molecular complexity index is 1180. The van der Waals surface area contributed by atoms with Crippen molar-refractivity contribution in [2.24, 2.45) is 12.0 Å². The number of fused-ring (bicyclic) bond motifs is 1. The Morgan fingerprint density at radius 3 is 2.62 bits per heavy atom. The molecule has 1 heterocycles. The number of nitriles is 1. The van der Waals surface area contributed by atoms with Crippen LogP contribution >= 0.6 is 23.1 Å². The van der Waals surface area contributed by atoms with E-state index in [9.17, 15) is 9.59 Å². The number of esters is 1. The van der Waals surface area contributed by atoms with Gasteiger partial charge in [0.15, 0.2) is 4.80 Å². The van der Waals surface area contributed by atoms with Gasteiger partial charge in [0, 0.05) is 17.5 Å². The van der Waals surface area contributed by atoms with E-state index in [-0.39, 0.29) is 17.6 Å². The molecule has 0 N–H and O–H groups in total. The second-order valence-corrected chi connectivity index (χ2v) is 8.20. The predicted molar refractivity (Wildman–Crippen MR) is 114 cm³/mol. The third-order valence-electron chi connectivity index (χ3n) is 4.22. The number of carbonyl (C=O) groups is 2. The lowest BCUT2D eigenvalue weighted by Gasteiger charge is -2.06. The number of amides is 1. The van der Waals surface area contributed by atoms with E-state index in [1.807, 2.05) is 36.7 Å². The topological polar surface area (TPSA) is 84.4 Å². The highest BCUT2D eigenvalue weighted by Gasteiger charge is 2.14. The Hall–Kier alpha value is -2.89. The first-order valence-electron chi connectivity index (χ1n) is 8.91. The van der Waals surface area contributed by atoms with Crippen molar-refractivity contribution in [1.29, 1.82) is 5.26 Å². The number of thioether (sulfide) groups is 1. The highest BCUT2D eigenvalue weighted by Crippen LogP contribution is 2.32. The minimum Gasteiger partial charge on any atom is -0.465 e. The Balaban J connectivity index is 1.99. The molecular formula is C21H19N3O3S2. The van der Waals surface area contributed by atoms with Gasteiger partial charge in [-0.25, -0.2) is 0 Å². The predicted octanol–water partition coefficient (Wildman–Crippen LogP) is 3.82. The lowest BCUT2D eigenvalue weighted by atomic mass is 10.1. The van der Waals surface area contributed by atoms with Crippen LogP contribution in [0.4, 0.5) is 0 Å². The fourth-order valence-corrected chi connectivity index (χ4v) is 4.96. The minimum atomic E-state index is -0.366. The van der Waals surface area contributed by atoms with Gasteiger partial charge in [-0.2, -0.15) is 10.3 Å². The number of nitrogens with zero attached hydrogens (tertiary/aromatic N) is 3. The molecule has 0 radical (unpaired) electrons. The molecule has 3 aromatic rings. The Kier molecular flexibility index (Phi) is 6.52. The third kappa shape index (κ3) is 4.58. The second-order valence-electron chi connectivity index (χ2n) is 6.20. The fraction of sp³-hybridized carbons (Fsp3) is 0.238. The molecule has 148 valence electrons. The van der Waals surface area contributed by atoms with Crippen LogP contribution in [0.1, 0.15) is 28.4 Å². The van der Waals surface area contributed by atoms with E-state index in [2.05, 4.69) is 4.99 Å². The van der Waals surface area contributed by atoms with Crippen molar-refractivity contribution in [3.8, 4) is 6.07 Å². The molecule has 1 aromatic heterocycles. The standard InChI is InChI=1S/C21H19N3O3S2/c1-4-27-17(25)12-28-16-10-5-13(2)18-19(16)29-21(24(18)3)23-20(26)15-8-6-14(11-22)7-9-15/h5-10H,4,12H2,1-3H3. The summed E-state index contributed by atoms with van der Waals surface area (Å²) in [6.45, 7) is 4.14. The second kappa shape index (κ2) is 9.07. The third-order valence-corrected chi connectivity index (χ3v) is 6.55. The van der Waals surface area contributed by atoms with Crippen molar-refractivity contribution in [3.63, 3.8) is 0 Å². The molecule has 0 fully saturated rings. The van der Waals surface area contributed by atoms with E-state index in [0.717, 1.165) is 20.7 Å². The average molecular weight is 426 g/mol. The highest BCUT2D eigenvalue weighted by atomic mass is 32.2. The number of hydrogen-bond acceptors (Lipinski definition) is 6. The first-order valence-corrected chi connectivity index (χ1v) is 10.7. The summed E-state index contributed by atoms with van der Waals surface area (Å²) in [6, 6.07) is 12.4. The molecule has 0 saturated heterocycles. The Labute approximate surface area is 176 Å². The number of hydrogen-bond donors (Lipinski definition) is 0. The number of aromatic nitrogens is 1. The zero-order valence-electron chi connectivity index (χ0n) is 16.3. The normalized spacial score (nSPS) is 11.4. The Morgan fingerprint density at radius 1 is 1.24 bits per heavy atom. The van der Waals surface area contributed by atoms with Crippen molar-refractivity contribution in [1.82, 2.24) is 4.57 Å². The molecule has 29 heavy (non-hydrogen) atoms. The van der Waals surface area contributed by atoms with Crippen molar-refractivity contribution in [2.75, 3.05) is 12.4 Å². The fourth-order valence-electron chi connectivity index (χ4n) is 2.81. The van der Waals surface area contributed by atoms with Crippen LogP contribution in [-0.4, -0.2) is 28.8 Å². The summed E-state index contributed by atoms with van der Waals surface area (Å²) in [5, 5.41) is 8.89. The van der Waals surface area contributed by atoms with E-state index in [4.69, 9.17) is 10.00 Å². The molecule has 2 aromatic carbocycles. The summed E-state index contributed by atoms with van der Waals surface area (Å²) >= 11 is 2.82. The molecule has 0 bridgehead atoms. The lowest BCUT2D eigenvalue weighted by Crippen LogP contribution is -2.13. The number of aryl methyl sites for hydroxylation is 2. The molecule has 0 atom stereocenters. The summed E-state index contributed by atoms with van der Waals surface area (Å²) in [7, 11) is 1.87. The van der Waals surface area contributed by atoms with Gasteiger partial charge >= 0.3 is 5.97 Å². The van der Waals surface area contributed by atoms with E-state index >= 15 is 0 Å². The van der Waals surface area contributed by atoms with Gasteiger partial charge in [0.2, 0.25) is 0 Å². The number of rotatable bonds is 5. The minimum absolute atomic E-state index is 0.226. The number of benzene rings is 2. The summed E-state index contributed by atoms with van der Waals surface area (Å²) in [4.78, 5) is 30.1. The van der Waals surface area contributed by atoms with Crippen LogP contribution < -0.4 is 4.80 Å². The summed E-state index contributed by atoms with van der Waals surface area (Å²) in [6.07, 6.45) is 0. The van der Waals surface area contributed by atoms with Gasteiger partial charge in [-0.3, -0.25) is 9.59 Å². The maximum atomic E-state index is 12.6. The Morgan fingerprint density at radius 2 is 1.97 bits per heavy atom. The zero-order valence-corrected chi connectivity index (χ0v) is 17.9. The quantitative estimate of drug-likeness (QED) is 0.458. The molecule has 0 aliphatic carbocycles. The van der Waals surface area contributed by atoms with Gasteiger partial charge in [0.1, 0.15) is 0 Å². The molecule has 0 unspecified atom stereocenters. The molecule has 8 heteroatoms. The molecule has 0 saturated carbocycles. The van der Waals surface area contributed by atoms with Crippen molar-refractivity contribution in [2.45, 2.75) is 18.7 Å². The van der Waals surface area contributed by atoms with E-state index in [0.29, 0.717) is 22.5 Å². The van der Waals surface area contributed by atoms with Crippen LogP contribution in [-0.2, 0) is 16.6 Å². The number of ether oxygens (including phenoxy) is 1. The molecule has 0 spiro atoms. The van der Waals surface area contributed by atoms with Crippen LogP contribution in [0.15, 0.2) is 46.3 Å². The van der Waals surface area contributed by atoms with Crippen LogP contribution in [0.2, 0.25) is 0 Å². The van der Waals surface area contributed by atoms with Crippen molar-refractivity contribution in [3.05, 3.63) is 57.9 Å². The molecule has 6 nitrogen and oxygen atoms in total. The van der Waals surface area contributed by atoms with Gasteiger partial charge in [0.05, 0.1) is 34.2 Å². The van der Waals surface area contributed by atoms with Gasteiger partial charge in [-0.1, -0.05) is 17.4 Å². The molecule has 0 aliphatic heterocycles. The SMILES string of the molecule is CCOC(=O)CSc1ccc(C)c2c1sc(=NC(=O)c1ccc(C#N)cc1)n2C. The maximum Gasteiger partial charge on any atom is 0.316 e. The van der Waals surface area contributed by atoms with Crippen LogP contribution in [0, 0.1) is 18.3 Å². The summed E-state index contributed by atoms with van der Waals surface area (Å²) < 4.78 is 7.88.